The van der Waals surface area contributed by atoms with E-state index < -0.39 is 0 Å². The average molecular weight is 330 g/mol. The van der Waals surface area contributed by atoms with E-state index in [1.165, 1.54) is 35.2 Å². The van der Waals surface area contributed by atoms with E-state index >= 15 is 0 Å². The summed E-state index contributed by atoms with van der Waals surface area (Å²) in [6.45, 7) is 3.12. The quantitative estimate of drug-likeness (QED) is 0.763. The molecule has 3 rings (SSSR count). The van der Waals surface area contributed by atoms with Crippen LogP contribution in [-0.4, -0.2) is 0 Å². The van der Waals surface area contributed by atoms with Crippen LogP contribution < -0.4 is 5.32 Å². The average Bonchev–Trinajstić information content (AvgIpc) is 3.31. The predicted molar refractivity (Wildman–Crippen MR) is 89.3 cm³/mol. The summed E-state index contributed by atoms with van der Waals surface area (Å²) < 4.78 is 1.15. The predicted octanol–water partition coefficient (Wildman–Crippen LogP) is 5.50. The first-order chi connectivity index (χ1) is 9.78. The molecule has 1 aliphatic rings. The summed E-state index contributed by atoms with van der Waals surface area (Å²) >= 11 is 3.54. The second kappa shape index (κ2) is 6.01. The summed E-state index contributed by atoms with van der Waals surface area (Å²) in [6.07, 6.45) is 3.76. The van der Waals surface area contributed by atoms with Gasteiger partial charge in [-0.15, -0.1) is 0 Å². The van der Waals surface area contributed by atoms with Gasteiger partial charge < -0.3 is 5.32 Å². The van der Waals surface area contributed by atoms with Gasteiger partial charge in [-0.25, -0.2) is 0 Å². The van der Waals surface area contributed by atoms with Crippen LogP contribution in [-0.2, 0) is 13.0 Å². The van der Waals surface area contributed by atoms with Crippen molar-refractivity contribution in [3.63, 3.8) is 0 Å². The van der Waals surface area contributed by atoms with Crippen LogP contribution in [0.1, 0.15) is 42.4 Å². The highest BCUT2D eigenvalue weighted by atomic mass is 79.9. The first-order valence-electron chi connectivity index (χ1n) is 7.38. The van der Waals surface area contributed by atoms with Gasteiger partial charge in [0.15, 0.2) is 0 Å². The number of hydrogen-bond donors (Lipinski definition) is 1. The monoisotopic (exact) mass is 329 g/mol. The first-order valence-corrected chi connectivity index (χ1v) is 8.17. The van der Waals surface area contributed by atoms with Crippen molar-refractivity contribution >= 4 is 21.6 Å². The van der Waals surface area contributed by atoms with Gasteiger partial charge in [-0.1, -0.05) is 47.1 Å². The van der Waals surface area contributed by atoms with Gasteiger partial charge in [0.05, 0.1) is 0 Å². The topological polar surface area (TPSA) is 12.0 Å². The molecule has 0 amide bonds. The van der Waals surface area contributed by atoms with E-state index in [9.17, 15) is 0 Å². The van der Waals surface area contributed by atoms with E-state index in [-0.39, 0.29) is 0 Å². The van der Waals surface area contributed by atoms with Gasteiger partial charge >= 0.3 is 0 Å². The highest BCUT2D eigenvalue weighted by molar-refractivity contribution is 9.10. The van der Waals surface area contributed by atoms with E-state index in [0.717, 1.165) is 23.4 Å². The van der Waals surface area contributed by atoms with Crippen LogP contribution in [0.5, 0.6) is 0 Å². The molecule has 0 saturated heterocycles. The molecule has 2 aromatic carbocycles. The summed E-state index contributed by atoms with van der Waals surface area (Å²) in [4.78, 5) is 0. The highest BCUT2D eigenvalue weighted by Gasteiger charge is 2.25. The van der Waals surface area contributed by atoms with Crippen LogP contribution in [0.3, 0.4) is 0 Å². The number of benzene rings is 2. The fourth-order valence-corrected chi connectivity index (χ4v) is 3.11. The zero-order valence-electron chi connectivity index (χ0n) is 11.8. The minimum atomic E-state index is 0.809. The Hall–Kier alpha value is -1.28. The molecule has 104 valence electrons. The smallest absolute Gasteiger partial charge is 0.0403 e. The molecule has 20 heavy (non-hydrogen) atoms. The molecule has 1 saturated carbocycles. The van der Waals surface area contributed by atoms with Crippen LogP contribution in [0, 0.1) is 0 Å². The molecule has 0 aliphatic heterocycles. The van der Waals surface area contributed by atoms with Crippen LogP contribution in [0.2, 0.25) is 0 Å². The maximum absolute atomic E-state index is 3.61. The lowest BCUT2D eigenvalue weighted by atomic mass is 10.0. The minimum absolute atomic E-state index is 0.809. The van der Waals surface area contributed by atoms with Crippen molar-refractivity contribution < 1.29 is 0 Å². The van der Waals surface area contributed by atoms with Gasteiger partial charge in [-0.2, -0.15) is 0 Å². The molecule has 1 fully saturated rings. The summed E-state index contributed by atoms with van der Waals surface area (Å²) in [5, 5.41) is 3.61. The Kier molecular flexibility index (Phi) is 4.11. The van der Waals surface area contributed by atoms with Crippen molar-refractivity contribution in [2.45, 2.75) is 38.6 Å². The maximum atomic E-state index is 3.61. The molecule has 1 nitrogen and oxygen atoms in total. The zero-order chi connectivity index (χ0) is 13.9. The normalized spacial score (nSPS) is 14.3. The Morgan fingerprint density at radius 1 is 1.10 bits per heavy atom. The van der Waals surface area contributed by atoms with Gasteiger partial charge in [0.2, 0.25) is 0 Å². The van der Waals surface area contributed by atoms with Crippen molar-refractivity contribution in [3.05, 3.63) is 63.6 Å². The van der Waals surface area contributed by atoms with Crippen LogP contribution >= 0.6 is 15.9 Å². The molecule has 0 unspecified atom stereocenters. The number of nitrogens with one attached hydrogen (secondary N) is 1. The van der Waals surface area contributed by atoms with Crippen molar-refractivity contribution in [2.24, 2.45) is 0 Å². The molecule has 0 aromatic heterocycles. The van der Waals surface area contributed by atoms with Crippen molar-refractivity contribution in [2.75, 3.05) is 5.32 Å². The van der Waals surface area contributed by atoms with Gasteiger partial charge in [0, 0.05) is 16.7 Å². The molecule has 1 aliphatic carbocycles. The van der Waals surface area contributed by atoms with E-state index in [0.29, 0.717) is 0 Å². The maximum Gasteiger partial charge on any atom is 0.0403 e. The second-order valence-corrected chi connectivity index (χ2v) is 6.40. The molecule has 0 spiro atoms. The lowest BCUT2D eigenvalue weighted by molar-refractivity contribution is 1.03. The van der Waals surface area contributed by atoms with E-state index in [1.54, 1.807) is 0 Å². The number of aryl methyl sites for hydroxylation is 1. The molecule has 0 radical (unpaired) electrons. The molecule has 1 N–H and O–H groups in total. The third kappa shape index (κ3) is 3.06. The molecule has 2 heteroatoms. The second-order valence-electron chi connectivity index (χ2n) is 5.48. The Bertz CT molecular complexity index is 602. The van der Waals surface area contributed by atoms with E-state index in [1.807, 2.05) is 0 Å². The number of hydrogen-bond acceptors (Lipinski definition) is 1. The number of halogens is 1. The van der Waals surface area contributed by atoms with Crippen molar-refractivity contribution in [3.8, 4) is 0 Å². The Balaban J connectivity index is 1.76. The first kappa shape index (κ1) is 13.7. The third-order valence-corrected chi connectivity index (χ3v) is 4.48. The number of rotatable bonds is 5. The Morgan fingerprint density at radius 2 is 1.90 bits per heavy atom. The molecule has 0 bridgehead atoms. The third-order valence-electron chi connectivity index (χ3n) is 3.99. The molecule has 2 aromatic rings. The van der Waals surface area contributed by atoms with Crippen molar-refractivity contribution in [1.29, 1.82) is 0 Å². The van der Waals surface area contributed by atoms with Crippen LogP contribution in [0.15, 0.2) is 46.9 Å². The van der Waals surface area contributed by atoms with Crippen LogP contribution in [0.25, 0.3) is 0 Å². The summed E-state index contributed by atoms with van der Waals surface area (Å²) in [5.41, 5.74) is 5.60. The summed E-state index contributed by atoms with van der Waals surface area (Å²) in [5.74, 6) is 0.809. The SMILES string of the molecule is CCc1cc(Br)ccc1NCc1ccccc1C1CC1. The van der Waals surface area contributed by atoms with Gasteiger partial charge in [-0.05, 0) is 60.1 Å². The summed E-state index contributed by atoms with van der Waals surface area (Å²) in [7, 11) is 0. The largest absolute Gasteiger partial charge is 0.381 e. The van der Waals surface area contributed by atoms with Gasteiger partial charge in [0.25, 0.3) is 0 Å². The van der Waals surface area contributed by atoms with Gasteiger partial charge in [-0.3, -0.25) is 0 Å². The molecular formula is C18H20BrN. The number of anilines is 1. The molecule has 0 atom stereocenters. The standard InChI is InChI=1S/C18H20BrN/c1-2-13-11-16(19)9-10-18(13)20-12-15-5-3-4-6-17(15)14-7-8-14/h3-6,9-11,14,20H,2,7-8,12H2,1H3. The van der Waals surface area contributed by atoms with Gasteiger partial charge in [0.1, 0.15) is 0 Å². The van der Waals surface area contributed by atoms with Crippen LogP contribution in [0.4, 0.5) is 5.69 Å². The lowest BCUT2D eigenvalue weighted by Crippen LogP contribution is -2.04. The fourth-order valence-electron chi connectivity index (χ4n) is 2.71. The van der Waals surface area contributed by atoms with E-state index in [2.05, 4.69) is 70.6 Å². The minimum Gasteiger partial charge on any atom is -0.381 e. The molecule has 0 heterocycles. The highest BCUT2D eigenvalue weighted by Crippen LogP contribution is 2.41. The summed E-state index contributed by atoms with van der Waals surface area (Å²) in [6, 6.07) is 15.3. The van der Waals surface area contributed by atoms with E-state index in [4.69, 9.17) is 0 Å². The fraction of sp³-hybridized carbons (Fsp3) is 0.333. The van der Waals surface area contributed by atoms with Crippen molar-refractivity contribution in [1.82, 2.24) is 0 Å². The molecular weight excluding hydrogens is 310 g/mol. The Labute approximate surface area is 129 Å². The zero-order valence-corrected chi connectivity index (χ0v) is 13.4. The lowest BCUT2D eigenvalue weighted by Gasteiger charge is -2.14. The Morgan fingerprint density at radius 3 is 2.65 bits per heavy atom.